The number of piperidine rings is 1. The van der Waals surface area contributed by atoms with E-state index < -0.39 is 0 Å². The van der Waals surface area contributed by atoms with E-state index in [0.717, 1.165) is 31.6 Å². The second-order valence-electron chi connectivity index (χ2n) is 6.10. The molecule has 25 heavy (non-hydrogen) atoms. The lowest BCUT2D eigenvalue weighted by atomic mass is 9.97. The van der Waals surface area contributed by atoms with Gasteiger partial charge in [0, 0.05) is 23.4 Å². The number of nitrogens with zero attached hydrogens (tertiary/aromatic N) is 1. The smallest absolute Gasteiger partial charge is 0.251 e. The second-order valence-corrected chi connectivity index (χ2v) is 6.10. The highest BCUT2D eigenvalue weighted by atomic mass is 16.2. The van der Waals surface area contributed by atoms with Gasteiger partial charge in [-0.05, 0) is 56.3 Å². The minimum absolute atomic E-state index is 0.0209. The van der Waals surface area contributed by atoms with Crippen molar-refractivity contribution in [1.82, 2.24) is 15.6 Å². The van der Waals surface area contributed by atoms with Crippen LogP contribution in [0, 0.1) is 5.92 Å². The third kappa shape index (κ3) is 4.87. The van der Waals surface area contributed by atoms with Gasteiger partial charge < -0.3 is 16.0 Å². The van der Waals surface area contributed by atoms with Gasteiger partial charge in [-0.1, -0.05) is 12.1 Å². The van der Waals surface area contributed by atoms with Crippen molar-refractivity contribution < 1.29 is 9.59 Å². The minimum Gasteiger partial charge on any atom is -0.346 e. The Hall–Kier alpha value is -2.73. The van der Waals surface area contributed by atoms with Crippen molar-refractivity contribution in [2.45, 2.75) is 19.4 Å². The van der Waals surface area contributed by atoms with E-state index in [1.807, 2.05) is 18.2 Å². The van der Waals surface area contributed by atoms with E-state index in [-0.39, 0.29) is 17.7 Å². The molecule has 0 atom stereocenters. The van der Waals surface area contributed by atoms with Crippen molar-refractivity contribution in [2.24, 2.45) is 5.92 Å². The predicted octanol–water partition coefficient (Wildman–Crippen LogP) is 1.95. The van der Waals surface area contributed by atoms with Crippen LogP contribution in [0.4, 0.5) is 5.69 Å². The monoisotopic (exact) mass is 338 g/mol. The summed E-state index contributed by atoms with van der Waals surface area (Å²) in [6.07, 6.45) is 3.38. The second kappa shape index (κ2) is 8.39. The molecule has 1 fully saturated rings. The highest BCUT2D eigenvalue weighted by Gasteiger charge is 2.21. The number of carbonyl (C=O) groups excluding carboxylic acids is 2. The van der Waals surface area contributed by atoms with E-state index in [4.69, 9.17) is 0 Å². The van der Waals surface area contributed by atoms with E-state index in [1.54, 1.807) is 30.5 Å². The summed E-state index contributed by atoms with van der Waals surface area (Å²) in [7, 11) is 0. The van der Waals surface area contributed by atoms with Gasteiger partial charge in [-0.15, -0.1) is 0 Å². The third-order valence-corrected chi connectivity index (χ3v) is 4.26. The van der Waals surface area contributed by atoms with Crippen molar-refractivity contribution in [3.8, 4) is 0 Å². The number of hydrogen-bond acceptors (Lipinski definition) is 4. The third-order valence-electron chi connectivity index (χ3n) is 4.26. The fraction of sp³-hybridized carbons (Fsp3) is 0.316. The van der Waals surface area contributed by atoms with Crippen molar-refractivity contribution in [2.75, 3.05) is 18.4 Å². The number of carbonyl (C=O) groups is 2. The van der Waals surface area contributed by atoms with Crippen molar-refractivity contribution in [3.05, 3.63) is 59.9 Å². The molecule has 6 heteroatoms. The van der Waals surface area contributed by atoms with Crippen LogP contribution in [0.15, 0.2) is 48.7 Å². The summed E-state index contributed by atoms with van der Waals surface area (Å²) in [6.45, 7) is 2.10. The molecule has 0 saturated carbocycles. The molecule has 0 aliphatic carbocycles. The maximum atomic E-state index is 12.3. The Morgan fingerprint density at radius 1 is 1.12 bits per heavy atom. The van der Waals surface area contributed by atoms with Crippen molar-refractivity contribution in [3.63, 3.8) is 0 Å². The van der Waals surface area contributed by atoms with Crippen molar-refractivity contribution >= 4 is 17.5 Å². The number of anilines is 1. The molecule has 2 heterocycles. The molecule has 2 aromatic rings. The van der Waals surface area contributed by atoms with Crippen LogP contribution in [0.5, 0.6) is 0 Å². The fourth-order valence-corrected chi connectivity index (χ4v) is 2.84. The summed E-state index contributed by atoms with van der Waals surface area (Å²) in [5.74, 6) is -0.140. The fourth-order valence-electron chi connectivity index (χ4n) is 2.84. The maximum Gasteiger partial charge on any atom is 0.251 e. The molecule has 0 bridgehead atoms. The molecule has 1 aliphatic heterocycles. The number of aromatic nitrogens is 1. The predicted molar refractivity (Wildman–Crippen MR) is 96.1 cm³/mol. The average Bonchev–Trinajstić information content (AvgIpc) is 2.68. The SMILES string of the molecule is O=C(NCc1ccccn1)c1cccc(NC(=O)C2CCNCC2)c1. The topological polar surface area (TPSA) is 83.1 Å². The molecule has 0 spiro atoms. The van der Waals surface area contributed by atoms with Crippen LogP contribution in [0.25, 0.3) is 0 Å². The summed E-state index contributed by atoms with van der Waals surface area (Å²) in [5, 5.41) is 9.01. The normalized spacial score (nSPS) is 14.7. The van der Waals surface area contributed by atoms with Gasteiger partial charge in [0.25, 0.3) is 5.91 Å². The standard InChI is InChI=1S/C19H22N4O2/c24-18(22-13-17-5-1-2-9-21-17)15-4-3-6-16(12-15)23-19(25)14-7-10-20-11-8-14/h1-6,9,12,14,20H,7-8,10-11,13H2,(H,22,24)(H,23,25). The van der Waals surface area contributed by atoms with Gasteiger partial charge in [0.05, 0.1) is 12.2 Å². The summed E-state index contributed by atoms with van der Waals surface area (Å²) < 4.78 is 0. The van der Waals surface area contributed by atoms with Gasteiger partial charge in [0.2, 0.25) is 5.91 Å². The lowest BCUT2D eigenvalue weighted by molar-refractivity contribution is -0.120. The quantitative estimate of drug-likeness (QED) is 0.778. The molecule has 1 aromatic carbocycles. The van der Waals surface area contributed by atoms with Crippen LogP contribution in [0.3, 0.4) is 0 Å². The Kier molecular flexibility index (Phi) is 5.74. The molecular formula is C19H22N4O2. The molecule has 2 amide bonds. The molecule has 3 N–H and O–H groups in total. The van der Waals surface area contributed by atoms with Crippen LogP contribution in [-0.2, 0) is 11.3 Å². The first-order valence-corrected chi connectivity index (χ1v) is 8.52. The molecule has 6 nitrogen and oxygen atoms in total. The van der Waals surface area contributed by atoms with Gasteiger partial charge in [-0.25, -0.2) is 0 Å². The van der Waals surface area contributed by atoms with Crippen LogP contribution in [0.1, 0.15) is 28.9 Å². The van der Waals surface area contributed by atoms with Crippen LogP contribution in [0.2, 0.25) is 0 Å². The average molecular weight is 338 g/mol. The summed E-state index contributed by atoms with van der Waals surface area (Å²) in [4.78, 5) is 28.8. The van der Waals surface area contributed by atoms with Gasteiger partial charge in [0.1, 0.15) is 0 Å². The van der Waals surface area contributed by atoms with Crippen LogP contribution >= 0.6 is 0 Å². The van der Waals surface area contributed by atoms with Gasteiger partial charge in [-0.2, -0.15) is 0 Å². The number of hydrogen-bond donors (Lipinski definition) is 3. The molecule has 3 rings (SSSR count). The van der Waals surface area contributed by atoms with E-state index in [1.165, 1.54) is 0 Å². The summed E-state index contributed by atoms with van der Waals surface area (Å²) in [6, 6.07) is 12.6. The minimum atomic E-state index is -0.191. The molecule has 0 unspecified atom stereocenters. The molecule has 0 radical (unpaired) electrons. The molecule has 1 saturated heterocycles. The first-order valence-electron chi connectivity index (χ1n) is 8.52. The zero-order chi connectivity index (χ0) is 17.5. The van der Waals surface area contributed by atoms with E-state index >= 15 is 0 Å². The zero-order valence-corrected chi connectivity index (χ0v) is 14.0. The lowest BCUT2D eigenvalue weighted by Crippen LogP contribution is -2.34. The summed E-state index contributed by atoms with van der Waals surface area (Å²) >= 11 is 0. The molecule has 1 aliphatic rings. The Balaban J connectivity index is 1.58. The van der Waals surface area contributed by atoms with Crippen LogP contribution in [-0.4, -0.2) is 29.9 Å². The largest absolute Gasteiger partial charge is 0.346 e. The first kappa shape index (κ1) is 17.1. The Labute approximate surface area is 147 Å². The van der Waals surface area contributed by atoms with Gasteiger partial charge in [0.15, 0.2) is 0 Å². The van der Waals surface area contributed by atoms with E-state index in [9.17, 15) is 9.59 Å². The lowest BCUT2D eigenvalue weighted by Gasteiger charge is -2.21. The van der Waals surface area contributed by atoms with E-state index in [0.29, 0.717) is 17.8 Å². The molecular weight excluding hydrogens is 316 g/mol. The molecule has 130 valence electrons. The zero-order valence-electron chi connectivity index (χ0n) is 14.0. The molecule has 1 aromatic heterocycles. The summed E-state index contributed by atoms with van der Waals surface area (Å²) in [5.41, 5.74) is 1.96. The van der Waals surface area contributed by atoms with Crippen LogP contribution < -0.4 is 16.0 Å². The Morgan fingerprint density at radius 3 is 2.72 bits per heavy atom. The number of nitrogens with one attached hydrogen (secondary N) is 3. The van der Waals surface area contributed by atoms with Crippen molar-refractivity contribution in [1.29, 1.82) is 0 Å². The Morgan fingerprint density at radius 2 is 1.96 bits per heavy atom. The van der Waals surface area contributed by atoms with E-state index in [2.05, 4.69) is 20.9 Å². The highest BCUT2D eigenvalue weighted by Crippen LogP contribution is 2.16. The van der Waals surface area contributed by atoms with Gasteiger partial charge in [-0.3, -0.25) is 14.6 Å². The number of benzene rings is 1. The van der Waals surface area contributed by atoms with Gasteiger partial charge >= 0.3 is 0 Å². The maximum absolute atomic E-state index is 12.3. The number of rotatable bonds is 5. The highest BCUT2D eigenvalue weighted by molar-refractivity contribution is 5.97. The number of pyridine rings is 1. The Bertz CT molecular complexity index is 727. The number of amides is 2. The first-order chi connectivity index (χ1) is 12.2.